The third-order valence-corrected chi connectivity index (χ3v) is 1.97. The van der Waals surface area contributed by atoms with Gasteiger partial charge >= 0.3 is 5.97 Å². The number of aromatic amines is 1. The monoisotopic (exact) mass is 198 g/mol. The molecule has 0 bridgehead atoms. The molecule has 0 aliphatic heterocycles. The summed E-state index contributed by atoms with van der Waals surface area (Å²) < 4.78 is 0. The van der Waals surface area contributed by atoms with Gasteiger partial charge < -0.3 is 20.7 Å². The number of carboxylic acids is 1. The van der Waals surface area contributed by atoms with E-state index in [4.69, 9.17) is 10.8 Å². The van der Waals surface area contributed by atoms with Gasteiger partial charge in [-0.3, -0.25) is 4.79 Å². The lowest BCUT2D eigenvalue weighted by Crippen LogP contribution is -2.34. The Hall–Kier alpha value is -1.56. The Morgan fingerprint density at radius 1 is 1.86 bits per heavy atom. The van der Waals surface area contributed by atoms with Gasteiger partial charge in [-0.15, -0.1) is 0 Å². The maximum absolute atomic E-state index is 10.4. The molecule has 6 heteroatoms. The van der Waals surface area contributed by atoms with Crippen LogP contribution in [0.3, 0.4) is 0 Å². The normalized spacial score (nSPS) is 12.4. The van der Waals surface area contributed by atoms with Gasteiger partial charge in [0.05, 0.1) is 6.33 Å². The van der Waals surface area contributed by atoms with E-state index in [-0.39, 0.29) is 0 Å². The zero-order valence-corrected chi connectivity index (χ0v) is 7.97. The van der Waals surface area contributed by atoms with E-state index in [1.165, 1.54) is 0 Å². The van der Waals surface area contributed by atoms with Crippen LogP contribution in [-0.4, -0.2) is 40.7 Å². The fourth-order valence-electron chi connectivity index (χ4n) is 1.03. The molecular weight excluding hydrogens is 184 g/mol. The molecule has 0 aliphatic carbocycles. The van der Waals surface area contributed by atoms with Crippen LogP contribution in [0.1, 0.15) is 6.42 Å². The minimum absolute atomic E-state index is 0.401. The van der Waals surface area contributed by atoms with Crippen molar-refractivity contribution in [1.82, 2.24) is 9.97 Å². The molecule has 1 aromatic heterocycles. The molecule has 1 atom stereocenters. The van der Waals surface area contributed by atoms with Crippen molar-refractivity contribution >= 4 is 11.8 Å². The second-order valence-electron chi connectivity index (χ2n) is 3.08. The minimum atomic E-state index is -0.972. The van der Waals surface area contributed by atoms with Crippen LogP contribution in [0.25, 0.3) is 0 Å². The summed E-state index contributed by atoms with van der Waals surface area (Å²) in [4.78, 5) is 19.1. The van der Waals surface area contributed by atoms with E-state index in [0.29, 0.717) is 13.0 Å². The van der Waals surface area contributed by atoms with Crippen LogP contribution in [0.4, 0.5) is 5.82 Å². The molecule has 6 nitrogen and oxygen atoms in total. The second-order valence-corrected chi connectivity index (χ2v) is 3.08. The van der Waals surface area contributed by atoms with E-state index >= 15 is 0 Å². The van der Waals surface area contributed by atoms with Gasteiger partial charge in [0.25, 0.3) is 0 Å². The summed E-state index contributed by atoms with van der Waals surface area (Å²) in [5.74, 6) is -0.192. The fourth-order valence-corrected chi connectivity index (χ4v) is 1.03. The molecule has 1 rings (SSSR count). The summed E-state index contributed by atoms with van der Waals surface area (Å²) in [5.41, 5.74) is 5.36. The van der Waals surface area contributed by atoms with Gasteiger partial charge in [0.15, 0.2) is 0 Å². The third kappa shape index (κ3) is 2.74. The van der Waals surface area contributed by atoms with Gasteiger partial charge in [-0.1, -0.05) is 0 Å². The lowest BCUT2D eigenvalue weighted by atomic mass is 10.2. The number of aromatic nitrogens is 2. The van der Waals surface area contributed by atoms with Gasteiger partial charge in [-0.2, -0.15) is 0 Å². The van der Waals surface area contributed by atoms with Crippen LogP contribution < -0.4 is 10.6 Å². The Balaban J connectivity index is 2.35. The summed E-state index contributed by atoms with van der Waals surface area (Å²) in [6, 6.07) is -0.809. The standard InChI is InChI=1S/C8H14N4O2/c1-12(7-4-10-5-11-7)3-2-6(9)8(13)14/h4-6H,2-3,9H2,1H3,(H,10,11)(H,13,14)/t6-/m0/s1. The minimum Gasteiger partial charge on any atom is -0.480 e. The third-order valence-electron chi connectivity index (χ3n) is 1.97. The van der Waals surface area contributed by atoms with Crippen LogP contribution in [0.15, 0.2) is 12.5 Å². The van der Waals surface area contributed by atoms with E-state index in [1.807, 2.05) is 11.9 Å². The summed E-state index contributed by atoms with van der Waals surface area (Å²) >= 11 is 0. The first-order valence-corrected chi connectivity index (χ1v) is 4.29. The largest absolute Gasteiger partial charge is 0.480 e. The number of hydrogen-bond donors (Lipinski definition) is 3. The van der Waals surface area contributed by atoms with Gasteiger partial charge in [0.2, 0.25) is 0 Å². The van der Waals surface area contributed by atoms with Crippen LogP contribution in [-0.2, 0) is 4.79 Å². The topological polar surface area (TPSA) is 95.2 Å². The van der Waals surface area contributed by atoms with Gasteiger partial charge in [-0.05, 0) is 6.42 Å². The van der Waals surface area contributed by atoms with Crippen LogP contribution in [0.5, 0.6) is 0 Å². The summed E-state index contributed by atoms with van der Waals surface area (Å²) in [6.45, 7) is 0.568. The fraction of sp³-hybridized carbons (Fsp3) is 0.500. The molecule has 0 saturated heterocycles. The molecule has 0 unspecified atom stereocenters. The van der Waals surface area contributed by atoms with Crippen LogP contribution >= 0.6 is 0 Å². The predicted molar refractivity (Wildman–Crippen MR) is 52.1 cm³/mol. The van der Waals surface area contributed by atoms with Crippen molar-refractivity contribution in [3.63, 3.8) is 0 Å². The highest BCUT2D eigenvalue weighted by molar-refractivity contribution is 5.73. The molecule has 0 amide bonds. The van der Waals surface area contributed by atoms with E-state index in [1.54, 1.807) is 12.5 Å². The molecule has 0 radical (unpaired) electrons. The highest BCUT2D eigenvalue weighted by Gasteiger charge is 2.12. The Morgan fingerprint density at radius 3 is 3.07 bits per heavy atom. The maximum Gasteiger partial charge on any atom is 0.320 e. The average molecular weight is 198 g/mol. The lowest BCUT2D eigenvalue weighted by Gasteiger charge is -2.16. The Morgan fingerprint density at radius 2 is 2.57 bits per heavy atom. The van der Waals surface area contributed by atoms with E-state index in [2.05, 4.69) is 9.97 Å². The smallest absolute Gasteiger partial charge is 0.320 e. The SMILES string of the molecule is CN(CC[C@H](N)C(=O)O)c1c[nH]cn1. The van der Waals surface area contributed by atoms with E-state index in [0.717, 1.165) is 5.82 Å². The number of nitrogens with two attached hydrogens (primary N) is 1. The predicted octanol–water partition coefficient (Wildman–Crippen LogP) is -0.352. The number of H-pyrrole nitrogens is 1. The maximum atomic E-state index is 10.4. The molecule has 0 aromatic carbocycles. The first-order chi connectivity index (χ1) is 6.61. The number of imidazole rings is 1. The van der Waals surface area contributed by atoms with Crippen molar-refractivity contribution in [2.24, 2.45) is 5.73 Å². The Kier molecular flexibility index (Phi) is 3.47. The highest BCUT2D eigenvalue weighted by atomic mass is 16.4. The van der Waals surface area contributed by atoms with Crippen molar-refractivity contribution in [2.75, 3.05) is 18.5 Å². The summed E-state index contributed by atoms with van der Waals surface area (Å²) in [5, 5.41) is 8.56. The first kappa shape index (κ1) is 10.5. The van der Waals surface area contributed by atoms with Crippen molar-refractivity contribution in [3.8, 4) is 0 Å². The molecular formula is C8H14N4O2. The second kappa shape index (κ2) is 4.61. The van der Waals surface area contributed by atoms with E-state index in [9.17, 15) is 4.79 Å². The van der Waals surface area contributed by atoms with Gasteiger partial charge in [0, 0.05) is 19.8 Å². The number of anilines is 1. The zero-order valence-electron chi connectivity index (χ0n) is 7.97. The number of carboxylic acid groups (broad SMARTS) is 1. The van der Waals surface area contributed by atoms with Crippen LogP contribution in [0, 0.1) is 0 Å². The Bertz CT molecular complexity index is 286. The van der Waals surface area contributed by atoms with Crippen molar-refractivity contribution in [1.29, 1.82) is 0 Å². The molecule has 1 heterocycles. The molecule has 78 valence electrons. The molecule has 0 saturated carbocycles. The van der Waals surface area contributed by atoms with Crippen molar-refractivity contribution in [2.45, 2.75) is 12.5 Å². The van der Waals surface area contributed by atoms with Crippen molar-refractivity contribution < 1.29 is 9.90 Å². The van der Waals surface area contributed by atoms with Gasteiger partial charge in [0.1, 0.15) is 11.9 Å². The van der Waals surface area contributed by atoms with E-state index < -0.39 is 12.0 Å². The summed E-state index contributed by atoms with van der Waals surface area (Å²) in [6.07, 6.45) is 3.72. The molecule has 14 heavy (non-hydrogen) atoms. The zero-order chi connectivity index (χ0) is 10.6. The molecule has 0 fully saturated rings. The van der Waals surface area contributed by atoms with Crippen molar-refractivity contribution in [3.05, 3.63) is 12.5 Å². The highest BCUT2D eigenvalue weighted by Crippen LogP contribution is 2.06. The Labute approximate surface area is 81.7 Å². The first-order valence-electron chi connectivity index (χ1n) is 4.29. The molecule has 1 aromatic rings. The number of hydrogen-bond acceptors (Lipinski definition) is 4. The average Bonchev–Trinajstić information content (AvgIpc) is 2.66. The number of rotatable bonds is 5. The summed E-state index contributed by atoms with van der Waals surface area (Å²) in [7, 11) is 1.84. The molecule has 0 aliphatic rings. The lowest BCUT2D eigenvalue weighted by molar-refractivity contribution is -0.138. The van der Waals surface area contributed by atoms with Gasteiger partial charge in [-0.25, -0.2) is 4.98 Å². The molecule has 0 spiro atoms. The number of nitrogens with one attached hydrogen (secondary N) is 1. The van der Waals surface area contributed by atoms with Crippen LogP contribution in [0.2, 0.25) is 0 Å². The number of aliphatic carboxylic acids is 1. The number of carbonyl (C=O) groups is 1. The number of nitrogens with zero attached hydrogens (tertiary/aromatic N) is 2. The molecule has 4 N–H and O–H groups in total. The quantitative estimate of drug-likeness (QED) is 0.601.